The van der Waals surface area contributed by atoms with Gasteiger partial charge >= 0.3 is 238 Å². The van der Waals surface area contributed by atoms with E-state index in [0.29, 0.717) is 10.0 Å². The summed E-state index contributed by atoms with van der Waals surface area (Å²) in [6, 6.07) is 30.7. The van der Waals surface area contributed by atoms with E-state index in [-0.39, 0.29) is 17.4 Å². The molecule has 0 aliphatic carbocycles. The Labute approximate surface area is 237 Å². The van der Waals surface area contributed by atoms with Crippen molar-refractivity contribution < 1.29 is 27.5 Å². The Kier molecular flexibility index (Phi) is 8.22. The van der Waals surface area contributed by atoms with Gasteiger partial charge in [-0.15, -0.1) is 0 Å². The minimum absolute atomic E-state index is 0.0146. The monoisotopic (exact) mass is 635 g/mol. The molecular formula is C29H23BrClF3NO3P. The van der Waals surface area contributed by atoms with Gasteiger partial charge in [-0.05, 0) is 0 Å². The second-order valence-electron chi connectivity index (χ2n) is 8.78. The van der Waals surface area contributed by atoms with E-state index < -0.39 is 24.0 Å². The molecule has 4 aromatic carbocycles. The van der Waals surface area contributed by atoms with Crippen molar-refractivity contribution in [2.75, 3.05) is 12.4 Å². The van der Waals surface area contributed by atoms with Crippen molar-refractivity contribution in [3.8, 4) is 0 Å². The minimum atomic E-state index is -5.16. The average Bonchev–Trinajstić information content (AvgIpc) is 2.95. The number of alkyl halides is 3. The Hall–Kier alpha value is -3.19. The quantitative estimate of drug-likeness (QED) is 0.177. The molecule has 4 aromatic rings. The third kappa shape index (κ3) is 5.46. The summed E-state index contributed by atoms with van der Waals surface area (Å²) in [6.07, 6.45) is -5.14. The number of benzene rings is 4. The van der Waals surface area contributed by atoms with E-state index in [2.05, 4.69) is 15.9 Å². The zero-order chi connectivity index (χ0) is 28.3. The summed E-state index contributed by atoms with van der Waals surface area (Å²) in [5, 5.41) is 4.30. The van der Waals surface area contributed by atoms with Crippen molar-refractivity contribution >= 4 is 66.6 Å². The number of nitrogens with one attached hydrogen (secondary N) is 1. The van der Waals surface area contributed by atoms with Gasteiger partial charge in [0.15, 0.2) is 0 Å². The predicted molar refractivity (Wildman–Crippen MR) is 155 cm³/mol. The molecule has 0 unspecified atom stereocenters. The Morgan fingerprint density at radius 2 is 1.28 bits per heavy atom. The molecule has 4 rings (SSSR count). The number of esters is 1. The molecule has 0 aliphatic heterocycles. The third-order valence-electron chi connectivity index (χ3n) is 6.46. The van der Waals surface area contributed by atoms with Crippen LogP contribution in [0, 0.1) is 0 Å². The van der Waals surface area contributed by atoms with Gasteiger partial charge in [0, 0.05) is 0 Å². The maximum absolute atomic E-state index is 13.4. The van der Waals surface area contributed by atoms with Crippen molar-refractivity contribution in [2.45, 2.75) is 12.3 Å². The molecule has 202 valence electrons. The molecule has 0 bridgehead atoms. The summed E-state index contributed by atoms with van der Waals surface area (Å²) in [7, 11) is 1.16. The first-order valence-corrected chi connectivity index (χ1v) is 15.8. The fourth-order valence-corrected chi connectivity index (χ4v) is 11.5. The van der Waals surface area contributed by atoms with Crippen LogP contribution in [-0.2, 0) is 15.7 Å². The summed E-state index contributed by atoms with van der Waals surface area (Å²) >= 11 is 11.5. The molecule has 0 atom stereocenters. The SMILES string of the molecule is COC(=O)c1cc(Br)c(CP(Cl)(c2ccccc2)(c2ccccc2)c2ccccc2)c(NC(=O)C(F)(F)F)c1. The van der Waals surface area contributed by atoms with Gasteiger partial charge in [-0.1, -0.05) is 0 Å². The summed E-state index contributed by atoms with van der Waals surface area (Å²) in [5.74, 6) is -6.96. The molecular weight excluding hydrogens is 614 g/mol. The van der Waals surface area contributed by atoms with Gasteiger partial charge in [-0.2, -0.15) is 0 Å². The fraction of sp³-hybridized carbons (Fsp3) is 0.103. The van der Waals surface area contributed by atoms with E-state index in [0.717, 1.165) is 23.0 Å². The molecule has 0 radical (unpaired) electrons. The number of carbonyl (C=O) groups is 2. The molecule has 0 spiro atoms. The first-order chi connectivity index (χ1) is 18.5. The molecule has 0 aromatic heterocycles. The Morgan fingerprint density at radius 1 is 0.846 bits per heavy atom. The number of amides is 1. The van der Waals surface area contributed by atoms with Crippen LogP contribution in [0.4, 0.5) is 18.9 Å². The topological polar surface area (TPSA) is 55.4 Å². The first kappa shape index (κ1) is 28.8. The van der Waals surface area contributed by atoms with Crippen LogP contribution in [0.2, 0.25) is 0 Å². The van der Waals surface area contributed by atoms with E-state index in [4.69, 9.17) is 16.0 Å². The number of rotatable bonds is 7. The van der Waals surface area contributed by atoms with Gasteiger partial charge in [0.1, 0.15) is 0 Å². The van der Waals surface area contributed by atoms with Crippen LogP contribution in [0.5, 0.6) is 0 Å². The van der Waals surface area contributed by atoms with Crippen molar-refractivity contribution in [1.82, 2.24) is 0 Å². The van der Waals surface area contributed by atoms with E-state index in [1.165, 1.54) is 12.1 Å². The molecule has 0 aliphatic rings. The fourth-order valence-electron chi connectivity index (χ4n) is 4.57. The summed E-state index contributed by atoms with van der Waals surface area (Å²) in [5.41, 5.74) is 0.0497. The maximum atomic E-state index is 13.4. The molecule has 0 heterocycles. The predicted octanol–water partition coefficient (Wildman–Crippen LogP) is 6.92. The molecule has 0 saturated heterocycles. The van der Waals surface area contributed by atoms with Gasteiger partial charge in [0.05, 0.1) is 0 Å². The number of hydrogen-bond acceptors (Lipinski definition) is 3. The van der Waals surface area contributed by atoms with Crippen LogP contribution >= 0.6 is 33.1 Å². The Morgan fingerprint density at radius 3 is 1.67 bits per heavy atom. The van der Waals surface area contributed by atoms with Gasteiger partial charge in [-0.3, -0.25) is 0 Å². The summed E-state index contributed by atoms with van der Waals surface area (Å²) in [6.45, 7) is 0. The number of hydrogen-bond donors (Lipinski definition) is 1. The number of anilines is 1. The zero-order valence-corrected chi connectivity index (χ0v) is 23.8. The van der Waals surface area contributed by atoms with Crippen molar-refractivity contribution in [3.05, 3.63) is 119 Å². The normalized spacial score (nSPS) is 12.7. The first-order valence-electron chi connectivity index (χ1n) is 11.7. The summed E-state index contributed by atoms with van der Waals surface area (Å²) < 4.78 is 45.2. The van der Waals surface area contributed by atoms with Crippen LogP contribution in [0.1, 0.15) is 15.9 Å². The average molecular weight is 637 g/mol. The second kappa shape index (κ2) is 11.1. The van der Waals surface area contributed by atoms with Crippen molar-refractivity contribution in [2.24, 2.45) is 0 Å². The van der Waals surface area contributed by atoms with Crippen LogP contribution in [-0.4, -0.2) is 25.2 Å². The van der Waals surface area contributed by atoms with Crippen LogP contribution in [0.3, 0.4) is 0 Å². The Bertz CT molecular complexity index is 1400. The van der Waals surface area contributed by atoms with Crippen LogP contribution < -0.4 is 21.2 Å². The van der Waals surface area contributed by atoms with Crippen LogP contribution in [0.15, 0.2) is 108 Å². The van der Waals surface area contributed by atoms with Gasteiger partial charge in [0.25, 0.3) is 0 Å². The van der Waals surface area contributed by atoms with Crippen LogP contribution in [0.25, 0.3) is 0 Å². The van der Waals surface area contributed by atoms with Gasteiger partial charge in [-0.25, -0.2) is 0 Å². The molecule has 39 heavy (non-hydrogen) atoms. The molecule has 1 N–H and O–H groups in total. The van der Waals surface area contributed by atoms with E-state index >= 15 is 0 Å². The Balaban J connectivity index is 2.08. The van der Waals surface area contributed by atoms with Crippen molar-refractivity contribution in [3.63, 3.8) is 0 Å². The standard InChI is InChI=1S/C29H23BrClF3NO3P/c1-38-27(36)20-17-25(30)24(26(18-20)35-28(37)29(32,33)34)19-39(31,21-11-5-2-6-12-21,22-13-7-3-8-14-22)23-15-9-4-10-16-23/h2-18H,19H2,1H3,(H,35,37). The molecule has 0 saturated carbocycles. The van der Waals surface area contributed by atoms with E-state index in [1.54, 1.807) is 0 Å². The third-order valence-corrected chi connectivity index (χ3v) is 14.3. The van der Waals surface area contributed by atoms with Gasteiger partial charge < -0.3 is 0 Å². The molecule has 10 heteroatoms. The van der Waals surface area contributed by atoms with Crippen molar-refractivity contribution in [1.29, 1.82) is 0 Å². The molecule has 4 nitrogen and oxygen atoms in total. The number of carbonyl (C=O) groups excluding carboxylic acids is 2. The molecule has 0 fully saturated rings. The summed E-state index contributed by atoms with van der Waals surface area (Å²) in [4.78, 5) is 24.4. The number of ether oxygens (including phenoxy) is 1. The van der Waals surface area contributed by atoms with Gasteiger partial charge in [0.2, 0.25) is 0 Å². The van der Waals surface area contributed by atoms with E-state index in [9.17, 15) is 22.8 Å². The zero-order valence-electron chi connectivity index (χ0n) is 20.6. The van der Waals surface area contributed by atoms with E-state index in [1.807, 2.05) is 96.3 Å². The number of halogens is 5. The number of methoxy groups -OCH3 is 1. The second-order valence-corrected chi connectivity index (χ2v) is 16.1. The molecule has 1 amide bonds.